The summed E-state index contributed by atoms with van der Waals surface area (Å²) in [4.78, 5) is 30.7. The second-order valence-corrected chi connectivity index (χ2v) is 7.89. The quantitative estimate of drug-likeness (QED) is 0.710. The lowest BCUT2D eigenvalue weighted by Gasteiger charge is -2.34. The van der Waals surface area contributed by atoms with Crippen LogP contribution in [0.15, 0.2) is 40.5 Å². The predicted molar refractivity (Wildman–Crippen MR) is 108 cm³/mol. The van der Waals surface area contributed by atoms with Gasteiger partial charge in [-0.2, -0.15) is 0 Å². The number of methoxy groups -OCH3 is 1. The number of esters is 1. The lowest BCUT2D eigenvalue weighted by Crippen LogP contribution is -2.38. The Hall–Kier alpha value is -2.47. The van der Waals surface area contributed by atoms with E-state index in [2.05, 4.69) is 4.99 Å². The summed E-state index contributed by atoms with van der Waals surface area (Å²) in [6.45, 7) is 2.81. The molecule has 1 aromatic rings. The summed E-state index contributed by atoms with van der Waals surface area (Å²) in [6, 6.07) is 7.59. The normalized spacial score (nSPS) is 26.8. The highest BCUT2D eigenvalue weighted by molar-refractivity contribution is 6.08. The lowest BCUT2D eigenvalue weighted by atomic mass is 9.71. The minimum atomic E-state index is -0.621. The average Bonchev–Trinajstić information content (AvgIpc) is 3.25. The third kappa shape index (κ3) is 3.99. The third-order valence-electron chi connectivity index (χ3n) is 5.98. The van der Waals surface area contributed by atoms with Crippen molar-refractivity contribution in [3.8, 4) is 5.75 Å². The topological polar surface area (TPSA) is 74.2 Å². The highest BCUT2D eigenvalue weighted by atomic mass is 16.6. The Kier molecular flexibility index (Phi) is 5.81. The number of carbonyl (C=O) groups excluding carboxylic acids is 2. The molecule has 0 bridgehead atoms. The first-order valence-corrected chi connectivity index (χ1v) is 10.3. The van der Waals surface area contributed by atoms with Crippen LogP contribution in [0.4, 0.5) is 0 Å². The SMILES string of the molecule is COc1cccc([C@H]2C3=C(CCCC3=O)N=C(C)C2C(=O)OC[C@H]2CCCO2)c1. The summed E-state index contributed by atoms with van der Waals surface area (Å²) in [6.07, 6.45) is 3.90. The minimum absolute atomic E-state index is 0.0406. The Morgan fingerprint density at radius 2 is 2.14 bits per heavy atom. The van der Waals surface area contributed by atoms with Crippen molar-refractivity contribution in [2.75, 3.05) is 20.3 Å². The maximum Gasteiger partial charge on any atom is 0.315 e. The monoisotopic (exact) mass is 397 g/mol. The molecule has 6 heteroatoms. The second kappa shape index (κ2) is 8.49. The fourth-order valence-electron chi connectivity index (χ4n) is 4.55. The summed E-state index contributed by atoms with van der Waals surface area (Å²) in [5.74, 6) is -0.599. The first-order chi connectivity index (χ1) is 14.1. The third-order valence-corrected chi connectivity index (χ3v) is 5.98. The fourth-order valence-corrected chi connectivity index (χ4v) is 4.55. The molecule has 1 aromatic carbocycles. The molecule has 1 aliphatic carbocycles. The van der Waals surface area contributed by atoms with Crippen LogP contribution in [0, 0.1) is 5.92 Å². The number of hydrogen-bond acceptors (Lipinski definition) is 6. The molecule has 0 N–H and O–H groups in total. The van der Waals surface area contributed by atoms with Crippen LogP contribution in [0.3, 0.4) is 0 Å². The number of allylic oxidation sites excluding steroid dienone is 2. The zero-order chi connectivity index (χ0) is 20.4. The highest BCUT2D eigenvalue weighted by Gasteiger charge is 2.43. The van der Waals surface area contributed by atoms with Crippen molar-refractivity contribution < 1.29 is 23.8 Å². The van der Waals surface area contributed by atoms with Crippen LogP contribution in [0.1, 0.15) is 50.5 Å². The van der Waals surface area contributed by atoms with Crippen LogP contribution in [0.5, 0.6) is 5.75 Å². The maximum absolute atomic E-state index is 13.2. The van der Waals surface area contributed by atoms with Crippen LogP contribution in [0.25, 0.3) is 0 Å². The second-order valence-electron chi connectivity index (χ2n) is 7.89. The molecule has 0 spiro atoms. The zero-order valence-electron chi connectivity index (χ0n) is 17.0. The molecule has 2 heterocycles. The molecule has 3 atom stereocenters. The van der Waals surface area contributed by atoms with Gasteiger partial charge in [-0.15, -0.1) is 0 Å². The molecule has 0 amide bonds. The Balaban J connectivity index is 1.69. The van der Waals surface area contributed by atoms with Crippen molar-refractivity contribution in [1.82, 2.24) is 0 Å². The van der Waals surface area contributed by atoms with Crippen molar-refractivity contribution in [3.63, 3.8) is 0 Å². The molecule has 0 aromatic heterocycles. The van der Waals surface area contributed by atoms with Gasteiger partial charge in [-0.1, -0.05) is 12.1 Å². The molecule has 3 aliphatic rings. The summed E-state index contributed by atoms with van der Waals surface area (Å²) >= 11 is 0. The van der Waals surface area contributed by atoms with Crippen molar-refractivity contribution in [2.45, 2.75) is 51.0 Å². The maximum atomic E-state index is 13.2. The van der Waals surface area contributed by atoms with E-state index < -0.39 is 11.8 Å². The summed E-state index contributed by atoms with van der Waals surface area (Å²) in [7, 11) is 1.61. The largest absolute Gasteiger partial charge is 0.497 e. The molecule has 4 rings (SSSR count). The fraction of sp³-hybridized carbons (Fsp3) is 0.522. The molecule has 1 saturated heterocycles. The zero-order valence-corrected chi connectivity index (χ0v) is 17.0. The Morgan fingerprint density at radius 3 is 2.90 bits per heavy atom. The molecule has 2 aliphatic heterocycles. The molecular weight excluding hydrogens is 370 g/mol. The molecule has 0 radical (unpaired) electrons. The molecule has 0 saturated carbocycles. The van der Waals surface area contributed by atoms with Crippen molar-refractivity contribution in [1.29, 1.82) is 0 Å². The lowest BCUT2D eigenvalue weighted by molar-refractivity contribution is -0.149. The van der Waals surface area contributed by atoms with E-state index in [0.717, 1.165) is 36.9 Å². The van der Waals surface area contributed by atoms with E-state index in [1.54, 1.807) is 7.11 Å². The Morgan fingerprint density at radius 1 is 1.28 bits per heavy atom. The first kappa shape index (κ1) is 19.8. The number of nitrogens with zero attached hydrogens (tertiary/aromatic N) is 1. The van der Waals surface area contributed by atoms with Crippen molar-refractivity contribution >= 4 is 17.5 Å². The smallest absolute Gasteiger partial charge is 0.315 e. The van der Waals surface area contributed by atoms with E-state index in [9.17, 15) is 9.59 Å². The summed E-state index contributed by atoms with van der Waals surface area (Å²) in [5.41, 5.74) is 3.05. The number of ketones is 1. The number of ether oxygens (including phenoxy) is 3. The van der Waals surface area contributed by atoms with Gasteiger partial charge in [-0.25, -0.2) is 0 Å². The number of Topliss-reactive ketones (excluding diaryl/α,β-unsaturated/α-hetero) is 1. The molecule has 29 heavy (non-hydrogen) atoms. The van der Waals surface area contributed by atoms with Gasteiger partial charge in [0.15, 0.2) is 5.78 Å². The summed E-state index contributed by atoms with van der Waals surface area (Å²) in [5, 5.41) is 0. The van der Waals surface area contributed by atoms with E-state index in [0.29, 0.717) is 30.1 Å². The van der Waals surface area contributed by atoms with E-state index in [4.69, 9.17) is 14.2 Å². The Labute approximate surface area is 170 Å². The van der Waals surface area contributed by atoms with Crippen molar-refractivity contribution in [3.05, 3.63) is 41.1 Å². The van der Waals surface area contributed by atoms with Gasteiger partial charge in [-0.3, -0.25) is 14.6 Å². The van der Waals surface area contributed by atoms with E-state index in [-0.39, 0.29) is 24.5 Å². The van der Waals surface area contributed by atoms with Crippen LogP contribution in [0.2, 0.25) is 0 Å². The average molecular weight is 397 g/mol. The van der Waals surface area contributed by atoms with Gasteiger partial charge in [0.2, 0.25) is 0 Å². The van der Waals surface area contributed by atoms with Gasteiger partial charge < -0.3 is 14.2 Å². The van der Waals surface area contributed by atoms with Gasteiger partial charge >= 0.3 is 5.97 Å². The molecule has 6 nitrogen and oxygen atoms in total. The van der Waals surface area contributed by atoms with Crippen molar-refractivity contribution in [2.24, 2.45) is 10.9 Å². The number of aliphatic imine (C=N–C) groups is 1. The van der Waals surface area contributed by atoms with Gasteiger partial charge in [0.1, 0.15) is 18.3 Å². The first-order valence-electron chi connectivity index (χ1n) is 10.3. The number of rotatable bonds is 5. The highest BCUT2D eigenvalue weighted by Crippen LogP contribution is 2.44. The van der Waals surface area contributed by atoms with Crippen LogP contribution < -0.4 is 4.74 Å². The predicted octanol–water partition coefficient (Wildman–Crippen LogP) is 3.60. The van der Waals surface area contributed by atoms with E-state index >= 15 is 0 Å². The van der Waals surface area contributed by atoms with Crippen LogP contribution >= 0.6 is 0 Å². The van der Waals surface area contributed by atoms with Gasteiger partial charge in [0.25, 0.3) is 0 Å². The molecule has 154 valence electrons. The van der Waals surface area contributed by atoms with E-state index in [1.807, 2.05) is 31.2 Å². The number of carbonyl (C=O) groups is 2. The van der Waals surface area contributed by atoms with Gasteiger partial charge in [-0.05, 0) is 50.3 Å². The van der Waals surface area contributed by atoms with Crippen LogP contribution in [-0.4, -0.2) is 43.9 Å². The standard InChI is InChI=1S/C23H27NO5/c1-14-20(23(26)29-13-17-8-5-11-28-17)21(15-6-3-7-16(12-15)27-2)22-18(24-14)9-4-10-19(22)25/h3,6-7,12,17,20-21H,4-5,8-11,13H2,1-2H3/t17-,20?,21-/m1/s1. The molecule has 1 unspecified atom stereocenters. The molecular formula is C23H27NO5. The van der Waals surface area contributed by atoms with Crippen LogP contribution in [-0.2, 0) is 19.1 Å². The minimum Gasteiger partial charge on any atom is -0.497 e. The summed E-state index contributed by atoms with van der Waals surface area (Å²) < 4.78 is 16.6. The van der Waals surface area contributed by atoms with E-state index in [1.165, 1.54) is 0 Å². The molecule has 1 fully saturated rings. The van der Waals surface area contributed by atoms with Gasteiger partial charge in [0.05, 0.1) is 13.2 Å². The van der Waals surface area contributed by atoms with Gasteiger partial charge in [0, 0.05) is 35.9 Å². The number of benzene rings is 1. The number of hydrogen-bond donors (Lipinski definition) is 0. The Bertz CT molecular complexity index is 866.